The fourth-order valence-corrected chi connectivity index (χ4v) is 2.45. The molecule has 2 N–H and O–H groups in total. The summed E-state index contributed by atoms with van der Waals surface area (Å²) in [5.74, 6) is -1.71. The number of urea groups is 1. The highest BCUT2D eigenvalue weighted by Crippen LogP contribution is 2.18. The highest BCUT2D eigenvalue weighted by molar-refractivity contribution is 5.77. The number of hydrogen-bond acceptors (Lipinski definition) is 3. The predicted octanol–water partition coefficient (Wildman–Crippen LogP) is 1.63. The summed E-state index contributed by atoms with van der Waals surface area (Å²) in [4.78, 5) is 24.4. The molecule has 2 atom stereocenters. The molecular formula is C15H19FN2O4. The molecular weight excluding hydrogens is 291 g/mol. The molecule has 6 nitrogen and oxygen atoms in total. The second kappa shape index (κ2) is 7.22. The highest BCUT2D eigenvalue weighted by atomic mass is 19.1. The molecule has 120 valence electrons. The number of carbonyl (C=O) groups excluding carboxylic acids is 1. The van der Waals surface area contributed by atoms with Gasteiger partial charge in [-0.3, -0.25) is 4.79 Å². The minimum absolute atomic E-state index is 0.218. The van der Waals surface area contributed by atoms with Crippen LogP contribution in [0.5, 0.6) is 0 Å². The van der Waals surface area contributed by atoms with Gasteiger partial charge in [0.05, 0.1) is 12.0 Å². The monoisotopic (exact) mass is 310 g/mol. The summed E-state index contributed by atoms with van der Waals surface area (Å²) in [6.45, 7) is 0.877. The number of carboxylic acids is 1. The van der Waals surface area contributed by atoms with Crippen LogP contribution >= 0.6 is 0 Å². The van der Waals surface area contributed by atoms with Gasteiger partial charge >= 0.3 is 12.0 Å². The minimum atomic E-state index is -0.878. The van der Waals surface area contributed by atoms with Gasteiger partial charge in [-0.2, -0.15) is 0 Å². The molecule has 1 aromatic carbocycles. The highest BCUT2D eigenvalue weighted by Gasteiger charge is 2.30. The van der Waals surface area contributed by atoms with Gasteiger partial charge in [-0.1, -0.05) is 12.1 Å². The van der Waals surface area contributed by atoms with Gasteiger partial charge in [-0.05, 0) is 24.1 Å². The summed E-state index contributed by atoms with van der Waals surface area (Å²) in [6.07, 6.45) is 0.0800. The number of nitrogens with zero attached hydrogens (tertiary/aromatic N) is 1. The normalized spacial score (nSPS) is 19.0. The molecule has 1 heterocycles. The molecule has 0 saturated carbocycles. The fraction of sp³-hybridized carbons (Fsp3) is 0.467. The number of likely N-dealkylation sites (tertiary alicyclic amines) is 1. The molecule has 1 fully saturated rings. The zero-order chi connectivity index (χ0) is 16.1. The van der Waals surface area contributed by atoms with Crippen molar-refractivity contribution in [2.24, 2.45) is 5.92 Å². The van der Waals surface area contributed by atoms with E-state index in [1.165, 1.54) is 24.1 Å². The zero-order valence-electron chi connectivity index (χ0n) is 12.3. The third kappa shape index (κ3) is 3.94. The van der Waals surface area contributed by atoms with Crippen LogP contribution in [0, 0.1) is 11.7 Å². The molecule has 22 heavy (non-hydrogen) atoms. The number of aliphatic carboxylic acids is 1. The first-order valence-corrected chi connectivity index (χ1v) is 7.05. The second-order valence-electron chi connectivity index (χ2n) is 5.23. The van der Waals surface area contributed by atoms with E-state index in [1.54, 1.807) is 12.1 Å². The number of carboxylic acid groups (broad SMARTS) is 1. The lowest BCUT2D eigenvalue weighted by atomic mass is 10.1. The van der Waals surface area contributed by atoms with Crippen LogP contribution in [-0.2, 0) is 9.53 Å². The van der Waals surface area contributed by atoms with E-state index < -0.39 is 11.9 Å². The van der Waals surface area contributed by atoms with Crippen molar-refractivity contribution < 1.29 is 23.8 Å². The number of benzene rings is 1. The van der Waals surface area contributed by atoms with Gasteiger partial charge in [0.2, 0.25) is 0 Å². The van der Waals surface area contributed by atoms with Crippen molar-refractivity contribution in [1.29, 1.82) is 0 Å². The van der Waals surface area contributed by atoms with E-state index in [0.29, 0.717) is 13.0 Å². The number of carbonyl (C=O) groups is 2. The quantitative estimate of drug-likeness (QED) is 0.866. The lowest BCUT2D eigenvalue weighted by molar-refractivity contribution is -0.141. The van der Waals surface area contributed by atoms with Gasteiger partial charge in [0.1, 0.15) is 5.82 Å². The van der Waals surface area contributed by atoms with Gasteiger partial charge in [0.15, 0.2) is 0 Å². The Balaban J connectivity index is 1.87. The molecule has 0 spiro atoms. The Bertz CT molecular complexity index is 535. The van der Waals surface area contributed by atoms with E-state index in [4.69, 9.17) is 9.84 Å². The van der Waals surface area contributed by atoms with Crippen molar-refractivity contribution in [2.75, 3.05) is 26.7 Å². The number of rotatable bonds is 5. The van der Waals surface area contributed by atoms with Crippen LogP contribution in [-0.4, -0.2) is 48.8 Å². The van der Waals surface area contributed by atoms with Crippen molar-refractivity contribution in [2.45, 2.75) is 12.5 Å². The number of amides is 2. The first kappa shape index (κ1) is 16.2. The molecule has 2 unspecified atom stereocenters. The van der Waals surface area contributed by atoms with Crippen LogP contribution in [0.1, 0.15) is 18.1 Å². The van der Waals surface area contributed by atoms with E-state index in [9.17, 15) is 14.0 Å². The maximum Gasteiger partial charge on any atom is 0.317 e. The Labute approximate surface area is 127 Å². The summed E-state index contributed by atoms with van der Waals surface area (Å²) in [5, 5.41) is 11.7. The SMILES string of the molecule is COC(CNC(=O)N1CCC(C(=O)O)C1)c1ccc(F)cc1. The van der Waals surface area contributed by atoms with E-state index in [1.807, 2.05) is 0 Å². The van der Waals surface area contributed by atoms with Crippen LogP contribution in [0.3, 0.4) is 0 Å². The molecule has 0 bridgehead atoms. The molecule has 1 aliphatic rings. The van der Waals surface area contributed by atoms with E-state index in [2.05, 4.69) is 5.32 Å². The third-order valence-corrected chi connectivity index (χ3v) is 3.79. The van der Waals surface area contributed by atoms with Crippen molar-refractivity contribution in [3.05, 3.63) is 35.6 Å². The van der Waals surface area contributed by atoms with E-state index in [-0.39, 0.29) is 31.0 Å². The fourth-order valence-electron chi connectivity index (χ4n) is 2.45. The number of nitrogens with one attached hydrogen (secondary N) is 1. The summed E-state index contributed by atoms with van der Waals surface area (Å²) in [5.41, 5.74) is 0.758. The van der Waals surface area contributed by atoms with E-state index >= 15 is 0 Å². The average molecular weight is 310 g/mol. The number of methoxy groups -OCH3 is 1. The van der Waals surface area contributed by atoms with Crippen LogP contribution < -0.4 is 5.32 Å². The topological polar surface area (TPSA) is 78.9 Å². The molecule has 2 rings (SSSR count). The minimum Gasteiger partial charge on any atom is -0.481 e. The largest absolute Gasteiger partial charge is 0.481 e. The molecule has 7 heteroatoms. The third-order valence-electron chi connectivity index (χ3n) is 3.79. The smallest absolute Gasteiger partial charge is 0.317 e. The first-order chi connectivity index (χ1) is 10.5. The summed E-state index contributed by atoms with van der Waals surface area (Å²) >= 11 is 0. The Kier molecular flexibility index (Phi) is 5.32. The first-order valence-electron chi connectivity index (χ1n) is 7.05. The molecule has 1 aliphatic heterocycles. The lowest BCUT2D eigenvalue weighted by Gasteiger charge is -2.20. The lowest BCUT2D eigenvalue weighted by Crippen LogP contribution is -2.40. The summed E-state index contributed by atoms with van der Waals surface area (Å²) < 4.78 is 18.2. The summed E-state index contributed by atoms with van der Waals surface area (Å²) in [6, 6.07) is 5.56. The van der Waals surface area contributed by atoms with Crippen LogP contribution in [0.15, 0.2) is 24.3 Å². The van der Waals surface area contributed by atoms with Gasteiger partial charge in [0.25, 0.3) is 0 Å². The Morgan fingerprint density at radius 3 is 2.68 bits per heavy atom. The molecule has 1 saturated heterocycles. The van der Waals surface area contributed by atoms with Crippen LogP contribution in [0.4, 0.5) is 9.18 Å². The summed E-state index contributed by atoms with van der Waals surface area (Å²) in [7, 11) is 1.51. The van der Waals surface area contributed by atoms with Crippen LogP contribution in [0.25, 0.3) is 0 Å². The Hall–Kier alpha value is -2.15. The molecule has 0 aromatic heterocycles. The van der Waals surface area contributed by atoms with Gasteiger partial charge < -0.3 is 20.1 Å². The van der Waals surface area contributed by atoms with Crippen molar-refractivity contribution >= 4 is 12.0 Å². The van der Waals surface area contributed by atoms with Gasteiger partial charge in [0, 0.05) is 26.7 Å². The van der Waals surface area contributed by atoms with E-state index in [0.717, 1.165) is 5.56 Å². The molecule has 2 amide bonds. The maximum absolute atomic E-state index is 12.9. The molecule has 0 aliphatic carbocycles. The van der Waals surface area contributed by atoms with Crippen molar-refractivity contribution in [3.8, 4) is 0 Å². The molecule has 0 radical (unpaired) electrons. The van der Waals surface area contributed by atoms with Crippen molar-refractivity contribution in [1.82, 2.24) is 10.2 Å². The predicted molar refractivity (Wildman–Crippen MR) is 76.9 cm³/mol. The second-order valence-corrected chi connectivity index (χ2v) is 5.23. The van der Waals surface area contributed by atoms with Gasteiger partial charge in [-0.15, -0.1) is 0 Å². The van der Waals surface area contributed by atoms with Crippen molar-refractivity contribution in [3.63, 3.8) is 0 Å². The standard InChI is InChI=1S/C15H19FN2O4/c1-22-13(10-2-4-12(16)5-3-10)8-17-15(21)18-7-6-11(9-18)14(19)20/h2-5,11,13H,6-9H2,1H3,(H,17,21)(H,19,20). The van der Waals surface area contributed by atoms with Gasteiger partial charge in [-0.25, -0.2) is 9.18 Å². The Morgan fingerprint density at radius 1 is 1.45 bits per heavy atom. The number of ether oxygens (including phenoxy) is 1. The maximum atomic E-state index is 12.9. The average Bonchev–Trinajstić information content (AvgIpc) is 2.99. The number of halogens is 1. The number of hydrogen-bond donors (Lipinski definition) is 2. The van der Waals surface area contributed by atoms with Crippen LogP contribution in [0.2, 0.25) is 0 Å². The Morgan fingerprint density at radius 2 is 2.14 bits per heavy atom. The zero-order valence-corrected chi connectivity index (χ0v) is 12.3. The molecule has 1 aromatic rings.